The van der Waals surface area contributed by atoms with Gasteiger partial charge >= 0.3 is 12.0 Å². The van der Waals surface area contributed by atoms with Crippen molar-refractivity contribution in [3.05, 3.63) is 21.9 Å². The van der Waals surface area contributed by atoms with Crippen LogP contribution in [0.1, 0.15) is 5.69 Å². The fourth-order valence-corrected chi connectivity index (χ4v) is 1.13. The number of aliphatic hydroxyl groups is 1. The predicted octanol–water partition coefficient (Wildman–Crippen LogP) is 1.39. The molecule has 0 aliphatic heterocycles. The van der Waals surface area contributed by atoms with Gasteiger partial charge in [-0.25, -0.2) is 4.98 Å². The largest absolute Gasteiger partial charge is 0.574 e. The van der Waals surface area contributed by atoms with Gasteiger partial charge in [-0.1, -0.05) is 0 Å². The van der Waals surface area contributed by atoms with Gasteiger partial charge in [0.25, 0.3) is 11.6 Å². The maximum absolute atomic E-state index is 12.1. The van der Waals surface area contributed by atoms with E-state index in [1.165, 1.54) is 0 Å². The molecule has 0 fully saturated rings. The number of nitrogens with zero attached hydrogens (tertiary/aromatic N) is 2. The fraction of sp³-hybridized carbons (Fsp3) is 0.375. The van der Waals surface area contributed by atoms with E-state index in [0.717, 1.165) is 13.2 Å². The Balaban J connectivity index is 3.37. The van der Waals surface area contributed by atoms with Gasteiger partial charge in [0.2, 0.25) is 0 Å². The summed E-state index contributed by atoms with van der Waals surface area (Å²) in [5.74, 6) is -1.89. The summed E-state index contributed by atoms with van der Waals surface area (Å²) in [6.45, 7) is -0.779. The Bertz CT molecular complexity index is 463. The Labute approximate surface area is 97.9 Å². The maximum Gasteiger partial charge on any atom is 0.574 e. The number of nitro groups is 1. The Kier molecular flexibility index (Phi) is 3.91. The van der Waals surface area contributed by atoms with Crippen molar-refractivity contribution in [2.24, 2.45) is 0 Å². The quantitative estimate of drug-likeness (QED) is 0.655. The number of aliphatic hydroxyl groups excluding tert-OH is 1. The molecule has 0 unspecified atom stereocenters. The van der Waals surface area contributed by atoms with Crippen molar-refractivity contribution in [2.45, 2.75) is 13.0 Å². The monoisotopic (exact) mass is 268 g/mol. The normalized spacial score (nSPS) is 11.2. The molecule has 100 valence electrons. The van der Waals surface area contributed by atoms with Crippen molar-refractivity contribution in [3.63, 3.8) is 0 Å². The maximum atomic E-state index is 12.1. The highest BCUT2D eigenvalue weighted by molar-refractivity contribution is 5.53. The first-order chi connectivity index (χ1) is 8.28. The van der Waals surface area contributed by atoms with Crippen molar-refractivity contribution < 1.29 is 32.7 Å². The van der Waals surface area contributed by atoms with Crippen LogP contribution in [0, 0.1) is 10.1 Å². The second kappa shape index (κ2) is 5.04. The molecule has 1 aromatic rings. The molecule has 0 bridgehead atoms. The Morgan fingerprint density at radius 2 is 2.17 bits per heavy atom. The van der Waals surface area contributed by atoms with Crippen molar-refractivity contribution >= 4 is 5.69 Å². The molecule has 0 amide bonds. The van der Waals surface area contributed by atoms with Crippen molar-refractivity contribution in [3.8, 4) is 11.6 Å². The molecule has 7 nitrogen and oxygen atoms in total. The number of rotatable bonds is 4. The number of halogens is 3. The molecule has 18 heavy (non-hydrogen) atoms. The first-order valence-electron chi connectivity index (χ1n) is 4.37. The fourth-order valence-electron chi connectivity index (χ4n) is 1.13. The molecule has 1 aromatic heterocycles. The van der Waals surface area contributed by atoms with Gasteiger partial charge in [-0.3, -0.25) is 10.1 Å². The third kappa shape index (κ3) is 3.20. The van der Waals surface area contributed by atoms with Gasteiger partial charge in [0, 0.05) is 6.07 Å². The molecule has 1 N–H and O–H groups in total. The van der Waals surface area contributed by atoms with Gasteiger partial charge in [0.1, 0.15) is 0 Å². The Hall–Kier alpha value is -2.10. The molecule has 0 aliphatic rings. The number of hydrogen-bond acceptors (Lipinski definition) is 6. The lowest BCUT2D eigenvalue weighted by atomic mass is 10.3. The highest BCUT2D eigenvalue weighted by Gasteiger charge is 2.36. The number of hydrogen-bond donors (Lipinski definition) is 1. The molecule has 0 spiro atoms. The number of aromatic nitrogens is 1. The second-order valence-electron chi connectivity index (χ2n) is 2.93. The van der Waals surface area contributed by atoms with Crippen LogP contribution >= 0.6 is 0 Å². The molecular formula is C8H7F3N2O5. The molecule has 0 aromatic carbocycles. The topological polar surface area (TPSA) is 94.7 Å². The lowest BCUT2D eigenvalue weighted by Crippen LogP contribution is -2.19. The van der Waals surface area contributed by atoms with Gasteiger partial charge in [-0.2, -0.15) is 0 Å². The standard InChI is InChI=1S/C8H7F3N2O5/c1-17-6-5(13(15)16)2-4(3-14)12-7(6)18-8(9,10)11/h2,14H,3H2,1H3. The van der Waals surface area contributed by atoms with Gasteiger partial charge < -0.3 is 14.6 Å². The zero-order valence-corrected chi connectivity index (χ0v) is 8.89. The number of pyridine rings is 1. The van der Waals surface area contributed by atoms with E-state index in [4.69, 9.17) is 5.11 Å². The first-order valence-corrected chi connectivity index (χ1v) is 4.37. The van der Waals surface area contributed by atoms with Crippen LogP contribution in [0.4, 0.5) is 18.9 Å². The number of alkyl halides is 3. The summed E-state index contributed by atoms with van der Waals surface area (Å²) in [6.07, 6.45) is -5.08. The Morgan fingerprint density at radius 3 is 2.56 bits per heavy atom. The van der Waals surface area contributed by atoms with E-state index in [2.05, 4.69) is 14.5 Å². The minimum absolute atomic E-state index is 0.346. The summed E-state index contributed by atoms with van der Waals surface area (Å²) in [5, 5.41) is 19.4. The highest BCUT2D eigenvalue weighted by atomic mass is 19.4. The molecule has 0 aliphatic carbocycles. The summed E-state index contributed by atoms with van der Waals surface area (Å²) in [7, 11) is 0.936. The molecule has 0 saturated heterocycles. The summed E-state index contributed by atoms with van der Waals surface area (Å²) in [4.78, 5) is 12.9. The van der Waals surface area contributed by atoms with Crippen LogP contribution in [0.5, 0.6) is 11.6 Å². The van der Waals surface area contributed by atoms with Gasteiger partial charge in [-0.15, -0.1) is 13.2 Å². The van der Waals surface area contributed by atoms with Crippen LogP contribution in [-0.2, 0) is 6.61 Å². The predicted molar refractivity (Wildman–Crippen MR) is 50.0 cm³/mol. The third-order valence-corrected chi connectivity index (χ3v) is 1.75. The summed E-state index contributed by atoms with van der Waals surface area (Å²) in [5.41, 5.74) is -1.13. The molecular weight excluding hydrogens is 261 g/mol. The van der Waals surface area contributed by atoms with E-state index in [0.29, 0.717) is 0 Å². The Morgan fingerprint density at radius 1 is 1.56 bits per heavy atom. The number of methoxy groups -OCH3 is 1. The SMILES string of the molecule is COc1c([N+](=O)[O-])cc(CO)nc1OC(F)(F)F. The highest BCUT2D eigenvalue weighted by Crippen LogP contribution is 2.38. The molecule has 1 heterocycles. The molecule has 0 atom stereocenters. The zero-order valence-electron chi connectivity index (χ0n) is 8.89. The average Bonchev–Trinajstić information content (AvgIpc) is 2.25. The van der Waals surface area contributed by atoms with E-state index < -0.39 is 35.2 Å². The lowest BCUT2D eigenvalue weighted by Gasteiger charge is -2.12. The summed E-state index contributed by atoms with van der Waals surface area (Å²) in [6, 6.07) is 0.794. The van der Waals surface area contributed by atoms with Crippen molar-refractivity contribution in [2.75, 3.05) is 7.11 Å². The second-order valence-corrected chi connectivity index (χ2v) is 2.93. The zero-order chi connectivity index (χ0) is 13.9. The van der Waals surface area contributed by atoms with Crippen LogP contribution in [0.15, 0.2) is 6.07 Å². The van der Waals surface area contributed by atoms with Gasteiger partial charge in [0.05, 0.1) is 24.3 Å². The minimum atomic E-state index is -5.08. The smallest absolute Gasteiger partial charge is 0.486 e. The van der Waals surface area contributed by atoms with Gasteiger partial charge in [-0.05, 0) is 0 Å². The van der Waals surface area contributed by atoms with Crippen molar-refractivity contribution in [1.82, 2.24) is 4.98 Å². The van der Waals surface area contributed by atoms with Crippen LogP contribution in [0.2, 0.25) is 0 Å². The van der Waals surface area contributed by atoms with E-state index in [9.17, 15) is 23.3 Å². The van der Waals surface area contributed by atoms with Crippen LogP contribution < -0.4 is 9.47 Å². The lowest BCUT2D eigenvalue weighted by molar-refractivity contribution is -0.386. The molecule has 1 rings (SSSR count). The molecule has 0 radical (unpaired) electrons. The van der Waals surface area contributed by atoms with Crippen molar-refractivity contribution in [1.29, 1.82) is 0 Å². The summed E-state index contributed by atoms with van der Waals surface area (Å²) < 4.78 is 44.2. The molecule has 0 saturated carbocycles. The first kappa shape index (κ1) is 14.0. The van der Waals surface area contributed by atoms with Crippen LogP contribution in [-0.4, -0.2) is 28.5 Å². The third-order valence-electron chi connectivity index (χ3n) is 1.75. The van der Waals surface area contributed by atoms with E-state index >= 15 is 0 Å². The number of ether oxygens (including phenoxy) is 2. The summed E-state index contributed by atoms with van der Waals surface area (Å²) >= 11 is 0. The van der Waals surface area contributed by atoms with E-state index in [-0.39, 0.29) is 5.69 Å². The van der Waals surface area contributed by atoms with Crippen LogP contribution in [0.3, 0.4) is 0 Å². The average molecular weight is 268 g/mol. The van der Waals surface area contributed by atoms with E-state index in [1.54, 1.807) is 0 Å². The molecule has 10 heteroatoms. The van der Waals surface area contributed by atoms with Gasteiger partial charge in [0.15, 0.2) is 0 Å². The van der Waals surface area contributed by atoms with Crippen LogP contribution in [0.25, 0.3) is 0 Å². The van der Waals surface area contributed by atoms with E-state index in [1.807, 2.05) is 0 Å². The minimum Gasteiger partial charge on any atom is -0.486 e.